The molecule has 0 fully saturated rings. The van der Waals surface area contributed by atoms with Crippen molar-refractivity contribution in [3.8, 4) is 27.3 Å². The van der Waals surface area contributed by atoms with Gasteiger partial charge in [-0.05, 0) is 244 Å². The zero-order valence-electron chi connectivity index (χ0n) is 59.1. The normalized spacial score (nSPS) is 9.35. The van der Waals surface area contributed by atoms with E-state index in [-0.39, 0.29) is 25.6 Å². The van der Waals surface area contributed by atoms with Crippen LogP contribution in [0.5, 0.6) is 5.75 Å². The van der Waals surface area contributed by atoms with Crippen molar-refractivity contribution in [2.45, 2.75) is 87.7 Å². The van der Waals surface area contributed by atoms with E-state index in [9.17, 15) is 9.59 Å². The van der Waals surface area contributed by atoms with Gasteiger partial charge in [-0.15, -0.1) is 11.3 Å². The number of Topliss-reactive ketones (excluding diaryl/α,β-unsaturated/α-hetero) is 1. The number of hydrogen-bond donors (Lipinski definition) is 3. The number of aliphatic hydroxyl groups is 3. The maximum absolute atomic E-state index is 10.6. The zero-order chi connectivity index (χ0) is 73.2. The number of carbonyl (C=O) groups excluding carboxylic acids is 2. The molecule has 13 aromatic rings. The van der Waals surface area contributed by atoms with Crippen LogP contribution in [-0.2, 0) is 25.9 Å². The zero-order valence-corrected chi connectivity index (χ0v) is 60.0. The lowest BCUT2D eigenvalue weighted by Gasteiger charge is -2.00. The third-order valence-corrected chi connectivity index (χ3v) is 14.5. The number of methoxy groups -OCH3 is 1. The number of carbonyl (C=O) groups is 2. The van der Waals surface area contributed by atoms with E-state index >= 15 is 0 Å². The Hall–Kier alpha value is -11.4. The number of ether oxygens (including phenoxy) is 1. The molecule has 101 heavy (non-hydrogen) atoms. The highest BCUT2D eigenvalue weighted by molar-refractivity contribution is 7.13. The van der Waals surface area contributed by atoms with Crippen molar-refractivity contribution in [3.05, 3.63) is 360 Å². The number of aromatic nitrogens is 11. The van der Waals surface area contributed by atoms with E-state index in [1.54, 1.807) is 148 Å². The summed E-state index contributed by atoms with van der Waals surface area (Å²) in [5.74, 6) is 0.928. The van der Waals surface area contributed by atoms with E-state index in [2.05, 4.69) is 131 Å². The molecule has 3 N–H and O–H groups in total. The Morgan fingerprint density at radius 3 is 1.28 bits per heavy atom. The van der Waals surface area contributed by atoms with E-state index in [4.69, 9.17) is 20.1 Å². The van der Waals surface area contributed by atoms with Crippen molar-refractivity contribution >= 4 is 23.4 Å². The van der Waals surface area contributed by atoms with E-state index in [1.165, 1.54) is 73.0 Å². The number of aldehydes is 1. The Morgan fingerprint density at radius 1 is 0.426 bits per heavy atom. The predicted molar refractivity (Wildman–Crippen MR) is 407 cm³/mol. The minimum atomic E-state index is 0.0809. The molecule has 0 atom stereocenters. The van der Waals surface area contributed by atoms with Gasteiger partial charge in [0.2, 0.25) is 0 Å². The topological polar surface area (TPSA) is 246 Å². The Morgan fingerprint density at radius 2 is 0.901 bits per heavy atom. The maximum Gasteiger partial charge on any atom is 0.159 e. The lowest BCUT2D eigenvalue weighted by Crippen LogP contribution is -1.89. The van der Waals surface area contributed by atoms with Crippen LogP contribution in [0, 0.1) is 41.5 Å². The number of thiophene rings is 1. The van der Waals surface area contributed by atoms with Crippen LogP contribution in [0.2, 0.25) is 0 Å². The van der Waals surface area contributed by atoms with Crippen molar-refractivity contribution in [2.24, 2.45) is 0 Å². The van der Waals surface area contributed by atoms with Crippen molar-refractivity contribution in [1.29, 1.82) is 0 Å². The summed E-state index contributed by atoms with van der Waals surface area (Å²) in [6.07, 6.45) is 43.0. The van der Waals surface area contributed by atoms with Crippen LogP contribution in [0.4, 0.5) is 0 Å². The number of aryl methyl sites for hydroxylation is 8. The SMILES string of the molecule is CC(=O)c1ccncc1.CCc1cnccc1C.COc1ccncc1.Cc1ccncc1C.Cc1cncc(-c2ccccc2)c1.Cc1cncc(C)c1.O=Cc1ccncc1.OCCCc1ccncc1.OCCc1ccncc1.OCc1ccncc1.c1cncc(-c2cccs2)c1. The molecule has 1 aromatic carbocycles. The first-order chi connectivity index (χ1) is 49.2. The number of hydrogen-bond acceptors (Lipinski definition) is 18. The Kier molecular flexibility index (Phi) is 45.3. The van der Waals surface area contributed by atoms with Gasteiger partial charge in [-0.3, -0.25) is 64.4 Å². The third-order valence-electron chi connectivity index (χ3n) is 13.6. The minimum absolute atomic E-state index is 0.0809. The van der Waals surface area contributed by atoms with Gasteiger partial charge in [0.15, 0.2) is 5.78 Å². The van der Waals surface area contributed by atoms with E-state index in [0.29, 0.717) is 11.1 Å². The summed E-state index contributed by atoms with van der Waals surface area (Å²) < 4.78 is 4.87. The molecule has 12 heterocycles. The number of aliphatic hydroxyl groups excluding tert-OH is 3. The highest BCUT2D eigenvalue weighted by Crippen LogP contribution is 2.23. The summed E-state index contributed by atoms with van der Waals surface area (Å²) in [4.78, 5) is 64.9. The quantitative estimate of drug-likeness (QED) is 0.0760. The molecular formula is C83H93N11O6S. The van der Waals surface area contributed by atoms with Gasteiger partial charge in [0.1, 0.15) is 12.0 Å². The smallest absolute Gasteiger partial charge is 0.159 e. The lowest BCUT2D eigenvalue weighted by atomic mass is 10.1. The number of benzene rings is 1. The average molecular weight is 1370 g/mol. The summed E-state index contributed by atoms with van der Waals surface area (Å²) in [6.45, 7) is 16.6. The Labute approximate surface area is 600 Å². The number of rotatable bonds is 12. The van der Waals surface area contributed by atoms with Gasteiger partial charge in [-0.1, -0.05) is 55.5 Å². The first-order valence-corrected chi connectivity index (χ1v) is 33.4. The summed E-state index contributed by atoms with van der Waals surface area (Å²) >= 11 is 1.74. The van der Waals surface area contributed by atoms with Gasteiger partial charge in [-0.25, -0.2) is 0 Å². The molecule has 18 heteroatoms. The molecule has 17 nitrogen and oxygen atoms in total. The molecule has 0 radical (unpaired) electrons. The first kappa shape index (κ1) is 83.8. The van der Waals surface area contributed by atoms with Crippen molar-refractivity contribution in [1.82, 2.24) is 54.8 Å². The van der Waals surface area contributed by atoms with E-state index in [1.807, 2.05) is 136 Å². The van der Waals surface area contributed by atoms with E-state index in [0.717, 1.165) is 48.8 Å². The Bertz CT molecular complexity index is 4050. The summed E-state index contributed by atoms with van der Waals surface area (Å²) in [5.41, 5.74) is 17.2. The first-order valence-electron chi connectivity index (χ1n) is 32.5. The van der Waals surface area contributed by atoms with E-state index < -0.39 is 0 Å². The molecule has 0 aliphatic heterocycles. The van der Waals surface area contributed by atoms with Gasteiger partial charge in [0.05, 0.1) is 13.7 Å². The molecule has 522 valence electrons. The van der Waals surface area contributed by atoms with Crippen LogP contribution in [0.15, 0.2) is 293 Å². The fourth-order valence-electron chi connectivity index (χ4n) is 7.91. The fourth-order valence-corrected chi connectivity index (χ4v) is 8.63. The van der Waals surface area contributed by atoms with Gasteiger partial charge in [0.25, 0.3) is 0 Å². The third kappa shape index (κ3) is 40.2. The standard InChI is InChI=1S/C12H11N.C9H7NS.C8H11NO.C8H11N.C7H7NO.C7H9NO.2C7H9N.2C6H7NO.C6H5NO/c1-10-7-12(9-13-8-10)11-5-3-2-4-6-11;1-3-8(7-10-5-1)9-4-2-6-11-9;10-7-1-2-8-3-5-9-6-4-8;1-3-8-6-9-5-4-7(8)2;1-6(9)7-2-4-8-5-3-7;9-6-3-7-1-4-8-5-2-7;1-6-3-7(2)5-8-4-6;1-6-3-4-8-5-7(6)2;1-8-6-2-4-7-5-3-6;2*8-5-6-1-3-7-4-2-6/h2-9H,1H3;1-7H;3-6,10H,1-2,7H2;4-6H,3H2,1-2H3;2-5H,1H3;1-2,4-5,9H,3,6H2;2*3-5H,1-2H3;2-5H,1H3;1-4,8H,5H2;1-5H. The lowest BCUT2D eigenvalue weighted by molar-refractivity contribution is 0.101. The molecular weight excluding hydrogens is 1280 g/mol. The number of pyridine rings is 11. The highest BCUT2D eigenvalue weighted by Gasteiger charge is 1.98. The second-order valence-corrected chi connectivity index (χ2v) is 22.5. The van der Waals surface area contributed by atoms with Crippen LogP contribution >= 0.6 is 11.3 Å². The van der Waals surface area contributed by atoms with Crippen molar-refractivity contribution in [2.75, 3.05) is 20.3 Å². The highest BCUT2D eigenvalue weighted by atomic mass is 32.1. The van der Waals surface area contributed by atoms with Crippen LogP contribution in [0.25, 0.3) is 21.6 Å². The molecule has 0 amide bonds. The molecule has 0 bridgehead atoms. The van der Waals surface area contributed by atoms with Crippen LogP contribution in [-0.4, -0.2) is 103 Å². The molecule has 0 unspecified atom stereocenters. The molecule has 13 rings (SSSR count). The maximum atomic E-state index is 10.6. The molecule has 0 aliphatic carbocycles. The molecule has 0 aliphatic rings. The minimum Gasteiger partial charge on any atom is -0.497 e. The molecule has 0 saturated heterocycles. The summed E-state index contributed by atoms with van der Waals surface area (Å²) in [5, 5.41) is 27.6. The largest absolute Gasteiger partial charge is 0.497 e. The molecule has 12 aromatic heterocycles. The fraction of sp³-hybridized carbons (Fsp3) is 0.193. The predicted octanol–water partition coefficient (Wildman–Crippen LogP) is 16.7. The molecule has 0 spiro atoms. The number of nitrogens with zero attached hydrogens (tertiary/aromatic N) is 11. The average Bonchev–Trinajstić information content (AvgIpc) is 1.92. The second kappa shape index (κ2) is 54.6. The van der Waals surface area contributed by atoms with Crippen LogP contribution < -0.4 is 4.74 Å². The van der Waals surface area contributed by atoms with Gasteiger partial charge in [0, 0.05) is 177 Å². The van der Waals surface area contributed by atoms with Crippen molar-refractivity contribution < 1.29 is 29.6 Å². The summed E-state index contributed by atoms with van der Waals surface area (Å²) in [6, 6.07) is 48.4. The Balaban J connectivity index is 0.000000290. The monoisotopic (exact) mass is 1370 g/mol. The number of ketones is 1. The van der Waals surface area contributed by atoms with Gasteiger partial charge >= 0.3 is 0 Å². The summed E-state index contributed by atoms with van der Waals surface area (Å²) in [7, 11) is 1.63. The van der Waals surface area contributed by atoms with Gasteiger partial charge in [-0.2, -0.15) is 0 Å². The van der Waals surface area contributed by atoms with Crippen LogP contribution in [0.3, 0.4) is 0 Å². The molecule has 0 saturated carbocycles. The van der Waals surface area contributed by atoms with Crippen molar-refractivity contribution in [3.63, 3.8) is 0 Å². The second-order valence-electron chi connectivity index (χ2n) is 21.6. The van der Waals surface area contributed by atoms with Crippen LogP contribution in [0.1, 0.15) is 96.6 Å². The van der Waals surface area contributed by atoms with Gasteiger partial charge < -0.3 is 20.1 Å².